The summed E-state index contributed by atoms with van der Waals surface area (Å²) in [6.45, 7) is 0.708. The molecule has 5 heteroatoms. The molecular weight excluding hydrogens is 394 g/mol. The van der Waals surface area contributed by atoms with Gasteiger partial charge in [-0.25, -0.2) is 0 Å². The average Bonchev–Trinajstić information content (AvgIpc) is 3.30. The van der Waals surface area contributed by atoms with Crippen LogP contribution < -0.4 is 9.47 Å². The van der Waals surface area contributed by atoms with Gasteiger partial charge in [0.15, 0.2) is 0 Å². The second-order valence-electron chi connectivity index (χ2n) is 7.12. The van der Waals surface area contributed by atoms with Crippen LogP contribution in [0, 0.1) is 0 Å². The van der Waals surface area contributed by atoms with Crippen molar-refractivity contribution in [3.8, 4) is 11.5 Å². The predicted octanol–water partition coefficient (Wildman–Crippen LogP) is 5.11. The minimum atomic E-state index is -0.335. The number of nitrogens with zero attached hydrogens (tertiary/aromatic N) is 1. The lowest BCUT2D eigenvalue weighted by Gasteiger charge is -2.30. The lowest BCUT2D eigenvalue weighted by atomic mass is 9.90. The Hall–Kier alpha value is -2.92. The summed E-state index contributed by atoms with van der Waals surface area (Å²) in [6, 6.07) is 25.8. The van der Waals surface area contributed by atoms with Crippen LogP contribution in [-0.2, 0) is 4.79 Å². The molecule has 4 nitrogen and oxygen atoms in total. The molecule has 3 aromatic carbocycles. The first kappa shape index (κ1) is 20.4. The van der Waals surface area contributed by atoms with E-state index in [9.17, 15) is 4.79 Å². The second-order valence-corrected chi connectivity index (χ2v) is 8.31. The monoisotopic (exact) mass is 419 g/mol. The number of benzene rings is 3. The summed E-state index contributed by atoms with van der Waals surface area (Å²) >= 11 is 1.77. The van der Waals surface area contributed by atoms with Crippen molar-refractivity contribution in [1.29, 1.82) is 0 Å². The molecule has 0 bridgehead atoms. The number of ether oxygens (including phenoxy) is 2. The molecule has 154 valence electrons. The van der Waals surface area contributed by atoms with E-state index in [1.54, 1.807) is 26.0 Å². The smallest absolute Gasteiger partial charge is 0.235 e. The molecule has 4 rings (SSSR count). The first-order valence-corrected chi connectivity index (χ1v) is 11.0. The minimum Gasteiger partial charge on any atom is -0.497 e. The Bertz CT molecular complexity index is 954. The lowest BCUT2D eigenvalue weighted by Crippen LogP contribution is -2.35. The van der Waals surface area contributed by atoms with Crippen LogP contribution in [-0.4, -0.2) is 37.3 Å². The topological polar surface area (TPSA) is 38.8 Å². The maximum atomic E-state index is 13.9. The molecule has 1 amide bonds. The third-order valence-electron chi connectivity index (χ3n) is 5.39. The predicted molar refractivity (Wildman–Crippen MR) is 121 cm³/mol. The molecule has 0 aliphatic carbocycles. The average molecular weight is 420 g/mol. The van der Waals surface area contributed by atoms with Gasteiger partial charge in [-0.2, -0.15) is 0 Å². The third kappa shape index (κ3) is 4.03. The van der Waals surface area contributed by atoms with Gasteiger partial charge in [0.2, 0.25) is 5.91 Å². The zero-order valence-corrected chi connectivity index (χ0v) is 18.0. The molecule has 1 saturated heterocycles. The highest BCUT2D eigenvalue weighted by atomic mass is 32.2. The molecule has 0 radical (unpaired) electrons. The lowest BCUT2D eigenvalue weighted by molar-refractivity contribution is -0.132. The Kier molecular flexibility index (Phi) is 6.29. The molecule has 1 aliphatic heterocycles. The number of rotatable bonds is 6. The van der Waals surface area contributed by atoms with E-state index >= 15 is 0 Å². The first-order chi connectivity index (χ1) is 14.7. The van der Waals surface area contributed by atoms with Gasteiger partial charge in [-0.05, 0) is 23.3 Å². The molecular formula is C25H25NO3S. The number of amides is 1. The van der Waals surface area contributed by atoms with E-state index in [0.29, 0.717) is 6.54 Å². The Morgan fingerprint density at radius 1 is 0.933 bits per heavy atom. The summed E-state index contributed by atoms with van der Waals surface area (Å²) < 4.78 is 11.0. The fourth-order valence-corrected chi connectivity index (χ4v) is 5.20. The Balaban J connectivity index is 1.71. The van der Waals surface area contributed by atoms with Crippen molar-refractivity contribution >= 4 is 17.7 Å². The van der Waals surface area contributed by atoms with Gasteiger partial charge in [-0.3, -0.25) is 4.79 Å². The molecule has 1 aliphatic rings. The van der Waals surface area contributed by atoms with Gasteiger partial charge >= 0.3 is 0 Å². The Morgan fingerprint density at radius 3 is 2.13 bits per heavy atom. The summed E-state index contributed by atoms with van der Waals surface area (Å²) in [5.41, 5.74) is 3.01. The van der Waals surface area contributed by atoms with Crippen LogP contribution in [0.25, 0.3) is 0 Å². The number of carbonyl (C=O) groups excluding carboxylic acids is 1. The van der Waals surface area contributed by atoms with Gasteiger partial charge in [-0.1, -0.05) is 60.7 Å². The van der Waals surface area contributed by atoms with Gasteiger partial charge in [0, 0.05) is 23.9 Å². The molecule has 1 atom stereocenters. The molecule has 1 fully saturated rings. The standard InChI is InChI=1S/C25H25NO3S/c1-28-20-13-14-21(22(17-20)29-2)25-26(15-16-30-25)24(27)23(18-9-5-3-6-10-18)19-11-7-4-8-12-19/h3-14,17,23,25H,15-16H2,1-2H3/t25-/m1/s1. The number of hydrogen-bond acceptors (Lipinski definition) is 4. The Labute approximate surface area is 181 Å². The van der Waals surface area contributed by atoms with Gasteiger partial charge < -0.3 is 14.4 Å². The summed E-state index contributed by atoms with van der Waals surface area (Å²) in [7, 11) is 3.29. The largest absolute Gasteiger partial charge is 0.497 e. The minimum absolute atomic E-state index is 0.0896. The normalized spacial score (nSPS) is 16.0. The van der Waals surface area contributed by atoms with E-state index in [2.05, 4.69) is 0 Å². The molecule has 0 unspecified atom stereocenters. The fourth-order valence-electron chi connectivity index (χ4n) is 3.91. The van der Waals surface area contributed by atoms with Crippen LogP contribution in [0.4, 0.5) is 0 Å². The van der Waals surface area contributed by atoms with E-state index in [1.807, 2.05) is 83.8 Å². The SMILES string of the molecule is COc1ccc([C@H]2SCCN2C(=O)C(c2ccccc2)c2ccccc2)c(OC)c1. The van der Waals surface area contributed by atoms with E-state index in [1.165, 1.54) is 0 Å². The molecule has 30 heavy (non-hydrogen) atoms. The molecule has 0 aromatic heterocycles. The zero-order valence-electron chi connectivity index (χ0n) is 17.2. The van der Waals surface area contributed by atoms with Gasteiger partial charge in [0.05, 0.1) is 20.1 Å². The van der Waals surface area contributed by atoms with Crippen LogP contribution in [0.3, 0.4) is 0 Å². The number of methoxy groups -OCH3 is 2. The maximum Gasteiger partial charge on any atom is 0.235 e. The second kappa shape index (κ2) is 9.26. The van der Waals surface area contributed by atoms with Crippen molar-refractivity contribution in [2.24, 2.45) is 0 Å². The van der Waals surface area contributed by atoms with E-state index < -0.39 is 0 Å². The van der Waals surface area contributed by atoms with Gasteiger partial charge in [-0.15, -0.1) is 11.8 Å². The number of thioether (sulfide) groups is 1. The van der Waals surface area contributed by atoms with Gasteiger partial charge in [0.1, 0.15) is 16.9 Å². The van der Waals surface area contributed by atoms with E-state index in [0.717, 1.165) is 33.9 Å². The molecule has 0 spiro atoms. The van der Waals surface area contributed by atoms with Crippen molar-refractivity contribution in [2.75, 3.05) is 26.5 Å². The quantitative estimate of drug-likeness (QED) is 0.557. The van der Waals surface area contributed by atoms with Crippen molar-refractivity contribution in [3.63, 3.8) is 0 Å². The van der Waals surface area contributed by atoms with Crippen molar-refractivity contribution in [1.82, 2.24) is 4.90 Å². The molecule has 0 saturated carbocycles. The van der Waals surface area contributed by atoms with Crippen LogP contribution in [0.15, 0.2) is 78.9 Å². The number of carbonyl (C=O) groups is 1. The summed E-state index contributed by atoms with van der Waals surface area (Å²) in [5.74, 6) is 2.14. The Morgan fingerprint density at radius 2 is 1.57 bits per heavy atom. The van der Waals surface area contributed by atoms with Crippen molar-refractivity contribution in [2.45, 2.75) is 11.3 Å². The van der Waals surface area contributed by atoms with E-state index in [4.69, 9.17) is 9.47 Å². The van der Waals surface area contributed by atoms with Crippen LogP contribution in [0.5, 0.6) is 11.5 Å². The van der Waals surface area contributed by atoms with Crippen LogP contribution in [0.2, 0.25) is 0 Å². The highest BCUT2D eigenvalue weighted by Gasteiger charge is 2.37. The summed E-state index contributed by atoms with van der Waals surface area (Å²) in [4.78, 5) is 15.9. The van der Waals surface area contributed by atoms with Crippen molar-refractivity contribution in [3.05, 3.63) is 95.6 Å². The first-order valence-electron chi connectivity index (χ1n) is 9.97. The van der Waals surface area contributed by atoms with Crippen LogP contribution >= 0.6 is 11.8 Å². The highest BCUT2D eigenvalue weighted by Crippen LogP contribution is 2.44. The van der Waals surface area contributed by atoms with Crippen LogP contribution in [0.1, 0.15) is 28.0 Å². The van der Waals surface area contributed by atoms with Gasteiger partial charge in [0.25, 0.3) is 0 Å². The van der Waals surface area contributed by atoms with Crippen molar-refractivity contribution < 1.29 is 14.3 Å². The molecule has 3 aromatic rings. The molecule has 0 N–H and O–H groups in total. The maximum absolute atomic E-state index is 13.9. The summed E-state index contributed by atoms with van der Waals surface area (Å²) in [5, 5.41) is -0.0896. The number of hydrogen-bond donors (Lipinski definition) is 0. The third-order valence-corrected chi connectivity index (χ3v) is 6.64. The van der Waals surface area contributed by atoms with E-state index in [-0.39, 0.29) is 17.2 Å². The zero-order chi connectivity index (χ0) is 20.9. The fraction of sp³-hybridized carbons (Fsp3) is 0.240. The molecule has 1 heterocycles. The summed E-state index contributed by atoms with van der Waals surface area (Å²) in [6.07, 6.45) is 0. The highest BCUT2D eigenvalue weighted by molar-refractivity contribution is 7.99.